The van der Waals surface area contributed by atoms with Gasteiger partial charge < -0.3 is 11.1 Å². The summed E-state index contributed by atoms with van der Waals surface area (Å²) >= 11 is 5.94. The molecule has 0 spiro atoms. The summed E-state index contributed by atoms with van der Waals surface area (Å²) in [7, 11) is 0. The van der Waals surface area contributed by atoms with E-state index in [2.05, 4.69) is 12.2 Å². The standard InChI is InChI=1S/C15H20ClFN2O/c1-10-4-6-15(9-18,7-5-10)14(20)19-13-3-2-11(17)8-12(13)16/h2-3,8,10H,4-7,9,18H2,1H3,(H,19,20). The van der Waals surface area contributed by atoms with Crippen LogP contribution in [0.25, 0.3) is 0 Å². The minimum atomic E-state index is -0.524. The molecule has 2 rings (SSSR count). The third kappa shape index (κ3) is 3.13. The summed E-state index contributed by atoms with van der Waals surface area (Å²) in [4.78, 5) is 12.5. The van der Waals surface area contributed by atoms with Crippen molar-refractivity contribution in [3.63, 3.8) is 0 Å². The van der Waals surface area contributed by atoms with Crippen LogP contribution in [0.15, 0.2) is 18.2 Å². The summed E-state index contributed by atoms with van der Waals surface area (Å²) in [6.07, 6.45) is 3.58. The lowest BCUT2D eigenvalue weighted by Crippen LogP contribution is -2.44. The van der Waals surface area contributed by atoms with Gasteiger partial charge in [-0.1, -0.05) is 18.5 Å². The summed E-state index contributed by atoms with van der Waals surface area (Å²) in [6.45, 7) is 2.51. The summed E-state index contributed by atoms with van der Waals surface area (Å²) in [6, 6.07) is 3.94. The van der Waals surface area contributed by atoms with E-state index in [0.717, 1.165) is 25.7 Å². The molecule has 1 aromatic rings. The van der Waals surface area contributed by atoms with Gasteiger partial charge >= 0.3 is 0 Å². The predicted molar refractivity (Wildman–Crippen MR) is 79.2 cm³/mol. The Morgan fingerprint density at radius 3 is 2.70 bits per heavy atom. The third-order valence-electron chi connectivity index (χ3n) is 4.28. The first kappa shape index (κ1) is 15.3. The molecule has 1 fully saturated rings. The number of anilines is 1. The number of nitrogens with two attached hydrogens (primary N) is 1. The highest BCUT2D eigenvalue weighted by molar-refractivity contribution is 6.33. The van der Waals surface area contributed by atoms with Gasteiger partial charge in [-0.05, 0) is 49.8 Å². The third-order valence-corrected chi connectivity index (χ3v) is 4.60. The van der Waals surface area contributed by atoms with Crippen LogP contribution in [0.5, 0.6) is 0 Å². The normalized spacial score (nSPS) is 26.3. The number of benzene rings is 1. The van der Waals surface area contributed by atoms with Crippen LogP contribution >= 0.6 is 11.6 Å². The molecule has 0 radical (unpaired) electrons. The van der Waals surface area contributed by atoms with Crippen molar-refractivity contribution in [2.24, 2.45) is 17.1 Å². The van der Waals surface area contributed by atoms with Gasteiger partial charge in [0.05, 0.1) is 16.1 Å². The van der Waals surface area contributed by atoms with E-state index < -0.39 is 11.2 Å². The van der Waals surface area contributed by atoms with Gasteiger partial charge in [0.25, 0.3) is 0 Å². The van der Waals surface area contributed by atoms with Gasteiger partial charge in [0.1, 0.15) is 5.82 Å². The zero-order valence-corrected chi connectivity index (χ0v) is 12.3. The Bertz CT molecular complexity index is 499. The van der Waals surface area contributed by atoms with Crippen LogP contribution in [0.3, 0.4) is 0 Å². The molecule has 0 aliphatic heterocycles. The topological polar surface area (TPSA) is 55.1 Å². The predicted octanol–water partition coefficient (Wildman–Crippen LogP) is 3.57. The number of carbonyl (C=O) groups excluding carboxylic acids is 1. The van der Waals surface area contributed by atoms with Gasteiger partial charge in [-0.15, -0.1) is 0 Å². The maximum absolute atomic E-state index is 13.0. The van der Waals surface area contributed by atoms with Gasteiger partial charge in [-0.25, -0.2) is 4.39 Å². The lowest BCUT2D eigenvalue weighted by Gasteiger charge is -2.37. The number of rotatable bonds is 3. The minimum Gasteiger partial charge on any atom is -0.329 e. The molecular formula is C15H20ClFN2O. The summed E-state index contributed by atoms with van der Waals surface area (Å²) < 4.78 is 13.0. The highest BCUT2D eigenvalue weighted by atomic mass is 35.5. The van der Waals surface area contributed by atoms with E-state index in [1.165, 1.54) is 18.2 Å². The quantitative estimate of drug-likeness (QED) is 0.896. The van der Waals surface area contributed by atoms with Gasteiger partial charge in [0, 0.05) is 6.54 Å². The Kier molecular flexibility index (Phi) is 4.66. The van der Waals surface area contributed by atoms with E-state index in [9.17, 15) is 9.18 Å². The summed E-state index contributed by atoms with van der Waals surface area (Å²) in [5.74, 6) is 0.102. The lowest BCUT2D eigenvalue weighted by atomic mass is 9.70. The van der Waals surface area contributed by atoms with Gasteiger partial charge in [0.15, 0.2) is 0 Å². The molecule has 1 amide bonds. The molecule has 0 unspecified atom stereocenters. The molecule has 0 heterocycles. The molecule has 1 aliphatic carbocycles. The number of nitrogens with one attached hydrogen (secondary N) is 1. The number of amides is 1. The maximum Gasteiger partial charge on any atom is 0.231 e. The molecule has 0 saturated heterocycles. The van der Waals surface area contributed by atoms with Crippen molar-refractivity contribution in [2.45, 2.75) is 32.6 Å². The Morgan fingerprint density at radius 2 is 2.15 bits per heavy atom. The molecule has 1 aromatic carbocycles. The van der Waals surface area contributed by atoms with Crippen molar-refractivity contribution in [2.75, 3.05) is 11.9 Å². The van der Waals surface area contributed by atoms with Crippen molar-refractivity contribution >= 4 is 23.2 Å². The van der Waals surface area contributed by atoms with Crippen molar-refractivity contribution in [1.82, 2.24) is 0 Å². The maximum atomic E-state index is 13.0. The average molecular weight is 299 g/mol. The molecule has 5 heteroatoms. The van der Waals surface area contributed by atoms with E-state index in [-0.39, 0.29) is 10.9 Å². The number of carbonyl (C=O) groups is 1. The molecular weight excluding hydrogens is 279 g/mol. The Balaban J connectivity index is 2.13. The monoisotopic (exact) mass is 298 g/mol. The average Bonchev–Trinajstić information content (AvgIpc) is 2.43. The zero-order valence-electron chi connectivity index (χ0n) is 11.6. The van der Waals surface area contributed by atoms with Crippen LogP contribution in [0.2, 0.25) is 5.02 Å². The largest absolute Gasteiger partial charge is 0.329 e. The van der Waals surface area contributed by atoms with E-state index in [1.807, 2.05) is 0 Å². The van der Waals surface area contributed by atoms with E-state index >= 15 is 0 Å². The number of hydrogen-bond acceptors (Lipinski definition) is 2. The van der Waals surface area contributed by atoms with Crippen molar-refractivity contribution in [3.8, 4) is 0 Å². The molecule has 20 heavy (non-hydrogen) atoms. The number of hydrogen-bond donors (Lipinski definition) is 2. The van der Waals surface area contributed by atoms with Gasteiger partial charge in [-0.3, -0.25) is 4.79 Å². The minimum absolute atomic E-state index is 0.111. The van der Waals surface area contributed by atoms with Gasteiger partial charge in [-0.2, -0.15) is 0 Å². The first-order valence-corrected chi connectivity index (χ1v) is 7.31. The molecule has 3 N–H and O–H groups in total. The first-order valence-electron chi connectivity index (χ1n) is 6.93. The highest BCUT2D eigenvalue weighted by Crippen LogP contribution is 2.39. The van der Waals surface area contributed by atoms with E-state index in [1.54, 1.807) is 0 Å². The fraction of sp³-hybridized carbons (Fsp3) is 0.533. The fourth-order valence-electron chi connectivity index (χ4n) is 2.68. The molecule has 110 valence electrons. The van der Waals surface area contributed by atoms with E-state index in [0.29, 0.717) is 18.2 Å². The SMILES string of the molecule is CC1CCC(CN)(C(=O)Nc2ccc(F)cc2Cl)CC1. The lowest BCUT2D eigenvalue weighted by molar-refractivity contribution is -0.127. The zero-order chi connectivity index (χ0) is 14.8. The van der Waals surface area contributed by atoms with Crippen molar-refractivity contribution in [1.29, 1.82) is 0 Å². The smallest absolute Gasteiger partial charge is 0.231 e. The van der Waals surface area contributed by atoms with Crippen molar-refractivity contribution in [3.05, 3.63) is 29.0 Å². The van der Waals surface area contributed by atoms with E-state index in [4.69, 9.17) is 17.3 Å². The second-order valence-electron chi connectivity index (χ2n) is 5.75. The first-order chi connectivity index (χ1) is 9.47. The number of halogens is 2. The van der Waals surface area contributed by atoms with Crippen LogP contribution < -0.4 is 11.1 Å². The second-order valence-corrected chi connectivity index (χ2v) is 6.15. The molecule has 1 saturated carbocycles. The van der Waals surface area contributed by atoms with Crippen molar-refractivity contribution < 1.29 is 9.18 Å². The highest BCUT2D eigenvalue weighted by Gasteiger charge is 2.39. The second kappa shape index (κ2) is 6.10. The van der Waals surface area contributed by atoms with Gasteiger partial charge in [0.2, 0.25) is 5.91 Å². The van der Waals surface area contributed by atoms with Crippen LogP contribution in [0, 0.1) is 17.2 Å². The van der Waals surface area contributed by atoms with Crippen LogP contribution in [-0.2, 0) is 4.79 Å². The molecule has 0 atom stereocenters. The van der Waals surface area contributed by atoms with Crippen LogP contribution in [-0.4, -0.2) is 12.5 Å². The van der Waals surface area contributed by atoms with Crippen LogP contribution in [0.4, 0.5) is 10.1 Å². The summed E-state index contributed by atoms with van der Waals surface area (Å²) in [5.41, 5.74) is 5.76. The Hall–Kier alpha value is -1.13. The fourth-order valence-corrected chi connectivity index (χ4v) is 2.90. The Labute approximate surface area is 123 Å². The van der Waals surface area contributed by atoms with Crippen LogP contribution in [0.1, 0.15) is 32.6 Å². The molecule has 3 nitrogen and oxygen atoms in total. The molecule has 0 aromatic heterocycles. The summed E-state index contributed by atoms with van der Waals surface area (Å²) in [5, 5.41) is 3.00. The Morgan fingerprint density at radius 1 is 1.50 bits per heavy atom. The molecule has 0 bridgehead atoms. The molecule has 1 aliphatic rings.